The minimum Gasteiger partial charge on any atom is -0.372 e. The Labute approximate surface area is 97.4 Å². The lowest BCUT2D eigenvalue weighted by Crippen LogP contribution is -2.16. The third-order valence-electron chi connectivity index (χ3n) is 2.58. The van der Waals surface area contributed by atoms with Crippen molar-refractivity contribution < 1.29 is 4.74 Å². The number of rotatable bonds is 3. The lowest BCUT2D eigenvalue weighted by atomic mass is 10.1. The van der Waals surface area contributed by atoms with Crippen LogP contribution < -0.4 is 5.32 Å². The molecule has 2 nitrogen and oxygen atoms in total. The van der Waals surface area contributed by atoms with Crippen molar-refractivity contribution >= 4 is 12.4 Å². The van der Waals surface area contributed by atoms with Crippen molar-refractivity contribution in [2.45, 2.75) is 26.1 Å². The molecular formula is C12H18ClNO. The van der Waals surface area contributed by atoms with Crippen LogP contribution >= 0.6 is 12.4 Å². The zero-order valence-corrected chi connectivity index (χ0v) is 9.85. The van der Waals surface area contributed by atoms with Gasteiger partial charge in [-0.05, 0) is 25.5 Å². The Hall–Kier alpha value is -0.570. The fourth-order valence-corrected chi connectivity index (χ4v) is 1.79. The van der Waals surface area contributed by atoms with Crippen LogP contribution in [0.15, 0.2) is 24.3 Å². The molecule has 0 radical (unpaired) electrons. The summed E-state index contributed by atoms with van der Waals surface area (Å²) in [6.07, 6.45) is 1.56. The van der Waals surface area contributed by atoms with Crippen molar-refractivity contribution in [3.63, 3.8) is 0 Å². The summed E-state index contributed by atoms with van der Waals surface area (Å²) in [7, 11) is 0. The summed E-state index contributed by atoms with van der Waals surface area (Å²) in [5.41, 5.74) is 2.58. The first kappa shape index (κ1) is 12.5. The Bertz CT molecular complexity index is 297. The summed E-state index contributed by atoms with van der Waals surface area (Å²) >= 11 is 0. The maximum atomic E-state index is 5.78. The van der Waals surface area contributed by atoms with Crippen LogP contribution in [0, 0.1) is 6.92 Å². The van der Waals surface area contributed by atoms with Gasteiger partial charge in [-0.25, -0.2) is 0 Å². The largest absolute Gasteiger partial charge is 0.372 e. The van der Waals surface area contributed by atoms with E-state index in [4.69, 9.17) is 4.74 Å². The van der Waals surface area contributed by atoms with E-state index >= 15 is 0 Å². The number of ether oxygens (including phenoxy) is 1. The normalized spacial score (nSPS) is 19.9. The molecule has 1 aliphatic heterocycles. The standard InChI is InChI=1S/C12H17NO.ClH/c1-10-3-2-4-11(7-10)9-14-12-5-6-13-8-12;/h2-4,7,12-13H,5-6,8-9H2,1H3;1H/t12-;/m0./s1. The molecule has 0 aromatic heterocycles. The molecule has 0 amide bonds. The fraction of sp³-hybridized carbons (Fsp3) is 0.500. The first-order valence-corrected chi connectivity index (χ1v) is 5.22. The summed E-state index contributed by atoms with van der Waals surface area (Å²) in [5.74, 6) is 0. The lowest BCUT2D eigenvalue weighted by Gasteiger charge is -2.10. The molecule has 15 heavy (non-hydrogen) atoms. The summed E-state index contributed by atoms with van der Waals surface area (Å²) in [4.78, 5) is 0. The van der Waals surface area contributed by atoms with Gasteiger partial charge in [0.25, 0.3) is 0 Å². The lowest BCUT2D eigenvalue weighted by molar-refractivity contribution is 0.0542. The first-order chi connectivity index (χ1) is 6.84. The molecule has 1 aromatic rings. The Morgan fingerprint density at radius 2 is 2.33 bits per heavy atom. The van der Waals surface area contributed by atoms with Gasteiger partial charge in [-0.3, -0.25) is 0 Å². The van der Waals surface area contributed by atoms with Crippen LogP contribution in [0.25, 0.3) is 0 Å². The van der Waals surface area contributed by atoms with Crippen molar-refractivity contribution in [3.05, 3.63) is 35.4 Å². The highest BCUT2D eigenvalue weighted by Crippen LogP contribution is 2.09. The van der Waals surface area contributed by atoms with E-state index in [1.807, 2.05) is 0 Å². The minimum absolute atomic E-state index is 0. The number of aryl methyl sites for hydroxylation is 1. The minimum atomic E-state index is 0. The van der Waals surface area contributed by atoms with Crippen LogP contribution in [-0.2, 0) is 11.3 Å². The Kier molecular flexibility index (Phi) is 5.09. The SMILES string of the molecule is Cc1cccc(CO[C@H]2CCNC2)c1.Cl. The molecule has 0 unspecified atom stereocenters. The predicted octanol–water partition coefficient (Wildman–Crippen LogP) is 2.30. The molecule has 3 heteroatoms. The van der Waals surface area contributed by atoms with Gasteiger partial charge in [0.1, 0.15) is 0 Å². The summed E-state index contributed by atoms with van der Waals surface area (Å²) < 4.78 is 5.78. The molecule has 0 saturated carbocycles. The van der Waals surface area contributed by atoms with Gasteiger partial charge in [0, 0.05) is 6.54 Å². The third-order valence-corrected chi connectivity index (χ3v) is 2.58. The molecule has 0 spiro atoms. The molecule has 84 valence electrons. The quantitative estimate of drug-likeness (QED) is 0.856. The maximum absolute atomic E-state index is 5.78. The maximum Gasteiger partial charge on any atom is 0.0721 e. The predicted molar refractivity (Wildman–Crippen MR) is 64.5 cm³/mol. The average molecular weight is 228 g/mol. The van der Waals surface area contributed by atoms with Crippen LogP contribution in [-0.4, -0.2) is 19.2 Å². The molecule has 1 aliphatic rings. The third kappa shape index (κ3) is 3.82. The second kappa shape index (κ2) is 6.11. The number of halogens is 1. The van der Waals surface area contributed by atoms with E-state index in [0.29, 0.717) is 6.10 Å². The second-order valence-electron chi connectivity index (χ2n) is 3.91. The Balaban J connectivity index is 0.00000112. The van der Waals surface area contributed by atoms with Gasteiger partial charge in [0.15, 0.2) is 0 Å². The summed E-state index contributed by atoms with van der Waals surface area (Å²) in [6, 6.07) is 8.50. The van der Waals surface area contributed by atoms with Gasteiger partial charge < -0.3 is 10.1 Å². The zero-order chi connectivity index (χ0) is 9.80. The molecule has 0 aliphatic carbocycles. The van der Waals surface area contributed by atoms with E-state index in [9.17, 15) is 0 Å². The van der Waals surface area contributed by atoms with Crippen LogP contribution in [0.4, 0.5) is 0 Å². The molecule has 1 fully saturated rings. The number of hydrogen-bond donors (Lipinski definition) is 1. The average Bonchev–Trinajstić information content (AvgIpc) is 2.67. The summed E-state index contributed by atoms with van der Waals surface area (Å²) in [6.45, 7) is 4.96. The van der Waals surface area contributed by atoms with E-state index in [1.165, 1.54) is 11.1 Å². The highest BCUT2D eigenvalue weighted by Gasteiger charge is 2.14. The molecule has 0 bridgehead atoms. The van der Waals surface area contributed by atoms with Crippen molar-refractivity contribution in [2.75, 3.05) is 13.1 Å². The number of hydrogen-bond acceptors (Lipinski definition) is 2. The van der Waals surface area contributed by atoms with Crippen molar-refractivity contribution in [3.8, 4) is 0 Å². The van der Waals surface area contributed by atoms with Gasteiger partial charge in [0.2, 0.25) is 0 Å². The topological polar surface area (TPSA) is 21.3 Å². The highest BCUT2D eigenvalue weighted by atomic mass is 35.5. The van der Waals surface area contributed by atoms with Gasteiger partial charge in [-0.1, -0.05) is 29.8 Å². The van der Waals surface area contributed by atoms with Crippen LogP contribution in [0.1, 0.15) is 17.5 Å². The molecule has 1 aromatic carbocycles. The van der Waals surface area contributed by atoms with E-state index in [1.54, 1.807) is 0 Å². The molecule has 1 heterocycles. The van der Waals surface area contributed by atoms with E-state index in [2.05, 4.69) is 36.5 Å². The number of benzene rings is 1. The first-order valence-electron chi connectivity index (χ1n) is 5.22. The van der Waals surface area contributed by atoms with Crippen molar-refractivity contribution in [1.29, 1.82) is 0 Å². The van der Waals surface area contributed by atoms with Gasteiger partial charge in [-0.15, -0.1) is 12.4 Å². The van der Waals surface area contributed by atoms with Gasteiger partial charge >= 0.3 is 0 Å². The van der Waals surface area contributed by atoms with Gasteiger partial charge in [-0.2, -0.15) is 0 Å². The van der Waals surface area contributed by atoms with Gasteiger partial charge in [0.05, 0.1) is 12.7 Å². The molecule has 1 atom stereocenters. The van der Waals surface area contributed by atoms with E-state index in [0.717, 1.165) is 26.1 Å². The van der Waals surface area contributed by atoms with E-state index in [-0.39, 0.29) is 12.4 Å². The van der Waals surface area contributed by atoms with Crippen LogP contribution in [0.3, 0.4) is 0 Å². The van der Waals surface area contributed by atoms with Crippen LogP contribution in [0.2, 0.25) is 0 Å². The Morgan fingerprint density at radius 3 is 3.00 bits per heavy atom. The fourth-order valence-electron chi connectivity index (χ4n) is 1.79. The molecule has 1 N–H and O–H groups in total. The number of nitrogens with one attached hydrogen (secondary N) is 1. The molecule has 2 rings (SSSR count). The van der Waals surface area contributed by atoms with Crippen molar-refractivity contribution in [1.82, 2.24) is 5.32 Å². The van der Waals surface area contributed by atoms with Crippen molar-refractivity contribution in [2.24, 2.45) is 0 Å². The monoisotopic (exact) mass is 227 g/mol. The summed E-state index contributed by atoms with van der Waals surface area (Å²) in [5, 5.41) is 3.29. The second-order valence-corrected chi connectivity index (χ2v) is 3.91. The molecular weight excluding hydrogens is 210 g/mol. The molecule has 1 saturated heterocycles. The highest BCUT2D eigenvalue weighted by molar-refractivity contribution is 5.85. The zero-order valence-electron chi connectivity index (χ0n) is 9.03. The van der Waals surface area contributed by atoms with E-state index < -0.39 is 0 Å². The smallest absolute Gasteiger partial charge is 0.0721 e. The Morgan fingerprint density at radius 1 is 1.47 bits per heavy atom. The van der Waals surface area contributed by atoms with Crippen LogP contribution in [0.5, 0.6) is 0 Å².